The van der Waals surface area contributed by atoms with Gasteiger partial charge in [-0.15, -0.1) is 0 Å². The summed E-state index contributed by atoms with van der Waals surface area (Å²) in [6, 6.07) is 0. The van der Waals surface area contributed by atoms with Crippen LogP contribution >= 0.6 is 46.4 Å². The van der Waals surface area contributed by atoms with E-state index in [-0.39, 0.29) is 5.03 Å². The van der Waals surface area contributed by atoms with Crippen LogP contribution in [0.2, 0.25) is 0 Å². The van der Waals surface area contributed by atoms with Gasteiger partial charge in [-0.2, -0.15) is 0 Å². The lowest BCUT2D eigenvalue weighted by atomic mass is 10.7. The average Bonchev–Trinajstić information content (AvgIpc) is 1.62. The van der Waals surface area contributed by atoms with Crippen LogP contribution in [0.5, 0.6) is 0 Å². The standard InChI is InChI=1S/C3H2Cl4O/c4-2(1-8)3(5,6)7/h1,8H/b2-1+. The van der Waals surface area contributed by atoms with Crippen molar-refractivity contribution in [2.24, 2.45) is 0 Å². The number of aliphatic hydroxyl groups is 1. The summed E-state index contributed by atoms with van der Waals surface area (Å²) in [4.78, 5) is 0. The maximum absolute atomic E-state index is 8.12. The summed E-state index contributed by atoms with van der Waals surface area (Å²) in [5.41, 5.74) is 0. The van der Waals surface area contributed by atoms with Crippen LogP contribution in [0.25, 0.3) is 0 Å². The number of hydrogen-bond acceptors (Lipinski definition) is 1. The molecule has 1 nitrogen and oxygen atoms in total. The molecule has 0 radical (unpaired) electrons. The van der Waals surface area contributed by atoms with Crippen LogP contribution in [-0.2, 0) is 0 Å². The molecule has 0 aliphatic carbocycles. The lowest BCUT2D eigenvalue weighted by Crippen LogP contribution is -2.00. The SMILES string of the molecule is O/C=C(/Cl)C(Cl)(Cl)Cl. The molecule has 8 heavy (non-hydrogen) atoms. The minimum absolute atomic E-state index is 0.220. The Morgan fingerprint density at radius 3 is 1.75 bits per heavy atom. The van der Waals surface area contributed by atoms with E-state index in [2.05, 4.69) is 0 Å². The molecule has 0 fully saturated rings. The molecular formula is C3H2Cl4O. The second kappa shape index (κ2) is 3.02. The first-order valence-electron chi connectivity index (χ1n) is 1.55. The summed E-state index contributed by atoms with van der Waals surface area (Å²) in [7, 11) is 0. The van der Waals surface area contributed by atoms with Crippen molar-refractivity contribution < 1.29 is 5.11 Å². The quantitative estimate of drug-likeness (QED) is 0.466. The van der Waals surface area contributed by atoms with Crippen LogP contribution in [0.3, 0.4) is 0 Å². The third kappa shape index (κ3) is 2.88. The van der Waals surface area contributed by atoms with E-state index in [4.69, 9.17) is 51.5 Å². The zero-order valence-corrected chi connectivity index (χ0v) is 6.56. The molecule has 0 aromatic carbocycles. The lowest BCUT2D eigenvalue weighted by Gasteiger charge is -2.05. The van der Waals surface area contributed by atoms with Gasteiger partial charge in [0.25, 0.3) is 0 Å². The van der Waals surface area contributed by atoms with Gasteiger partial charge in [-0.05, 0) is 0 Å². The molecule has 0 unspecified atom stereocenters. The van der Waals surface area contributed by atoms with Crippen LogP contribution in [0.4, 0.5) is 0 Å². The minimum atomic E-state index is -1.70. The largest absolute Gasteiger partial charge is 0.514 e. The van der Waals surface area contributed by atoms with Gasteiger partial charge in [-0.3, -0.25) is 0 Å². The summed E-state index contributed by atoms with van der Waals surface area (Å²) in [5.74, 6) is 0. The Kier molecular flexibility index (Phi) is 3.28. The van der Waals surface area contributed by atoms with Crippen molar-refractivity contribution in [1.29, 1.82) is 0 Å². The summed E-state index contributed by atoms with van der Waals surface area (Å²) >= 11 is 20.6. The predicted molar refractivity (Wildman–Crippen MR) is 36.9 cm³/mol. The maximum Gasteiger partial charge on any atom is 0.229 e. The Bertz CT molecular complexity index is 102. The molecule has 0 heterocycles. The molecule has 0 amide bonds. The van der Waals surface area contributed by atoms with Crippen molar-refractivity contribution in [2.75, 3.05) is 0 Å². The van der Waals surface area contributed by atoms with Crippen LogP contribution in [0, 0.1) is 0 Å². The Morgan fingerprint density at radius 1 is 1.38 bits per heavy atom. The molecule has 0 aliphatic heterocycles. The van der Waals surface area contributed by atoms with Crippen LogP contribution < -0.4 is 0 Å². The van der Waals surface area contributed by atoms with E-state index in [1.807, 2.05) is 0 Å². The Morgan fingerprint density at radius 2 is 1.75 bits per heavy atom. The van der Waals surface area contributed by atoms with Gasteiger partial charge in [0.15, 0.2) is 0 Å². The Labute approximate surface area is 66.8 Å². The van der Waals surface area contributed by atoms with Gasteiger partial charge in [0.2, 0.25) is 3.79 Å². The predicted octanol–water partition coefficient (Wildman–Crippen LogP) is 2.99. The molecule has 0 saturated carbocycles. The van der Waals surface area contributed by atoms with E-state index < -0.39 is 3.79 Å². The molecule has 0 spiro atoms. The highest BCUT2D eigenvalue weighted by atomic mass is 35.6. The van der Waals surface area contributed by atoms with Gasteiger partial charge >= 0.3 is 0 Å². The molecule has 0 atom stereocenters. The highest BCUT2D eigenvalue weighted by Gasteiger charge is 2.24. The molecule has 0 bridgehead atoms. The first-order valence-corrected chi connectivity index (χ1v) is 3.06. The van der Waals surface area contributed by atoms with Gasteiger partial charge in [0, 0.05) is 0 Å². The molecule has 1 N–H and O–H groups in total. The first kappa shape index (κ1) is 8.70. The van der Waals surface area contributed by atoms with Crippen molar-refractivity contribution in [3.8, 4) is 0 Å². The Hall–Kier alpha value is 0.700. The lowest BCUT2D eigenvalue weighted by molar-refractivity contribution is 0.470. The van der Waals surface area contributed by atoms with Crippen LogP contribution in [-0.4, -0.2) is 8.90 Å². The van der Waals surface area contributed by atoms with Gasteiger partial charge in [-0.25, -0.2) is 0 Å². The summed E-state index contributed by atoms with van der Waals surface area (Å²) in [6.45, 7) is 0. The number of hydrogen-bond donors (Lipinski definition) is 1. The summed E-state index contributed by atoms with van der Waals surface area (Å²) in [6.07, 6.45) is 0.536. The van der Waals surface area contributed by atoms with Crippen LogP contribution in [0.1, 0.15) is 0 Å². The molecule has 48 valence electrons. The van der Waals surface area contributed by atoms with Gasteiger partial charge in [-0.1, -0.05) is 46.4 Å². The Balaban J connectivity index is 4.03. The van der Waals surface area contributed by atoms with E-state index in [0.717, 1.165) is 0 Å². The van der Waals surface area contributed by atoms with E-state index in [1.54, 1.807) is 0 Å². The summed E-state index contributed by atoms with van der Waals surface area (Å²) < 4.78 is -1.70. The van der Waals surface area contributed by atoms with Gasteiger partial charge in [0.1, 0.15) is 5.03 Å². The maximum atomic E-state index is 8.12. The molecule has 0 aliphatic rings. The molecule has 5 heteroatoms. The molecule has 0 rings (SSSR count). The monoisotopic (exact) mass is 194 g/mol. The van der Waals surface area contributed by atoms with Crippen LogP contribution in [0.15, 0.2) is 11.3 Å². The fourth-order valence-electron chi connectivity index (χ4n) is 0.0732. The summed E-state index contributed by atoms with van der Waals surface area (Å²) in [5, 5.41) is 7.90. The molecular weight excluding hydrogens is 194 g/mol. The van der Waals surface area contributed by atoms with E-state index >= 15 is 0 Å². The van der Waals surface area contributed by atoms with Crippen molar-refractivity contribution >= 4 is 46.4 Å². The first-order chi connectivity index (χ1) is 3.48. The smallest absolute Gasteiger partial charge is 0.229 e. The van der Waals surface area contributed by atoms with Gasteiger partial charge < -0.3 is 5.11 Å². The minimum Gasteiger partial charge on any atom is -0.514 e. The number of halogens is 4. The third-order valence-electron chi connectivity index (χ3n) is 0.384. The average molecular weight is 196 g/mol. The van der Waals surface area contributed by atoms with Gasteiger partial charge in [0.05, 0.1) is 6.26 Å². The topological polar surface area (TPSA) is 20.2 Å². The number of allylic oxidation sites excluding steroid dienone is 1. The van der Waals surface area contributed by atoms with Crippen molar-refractivity contribution in [1.82, 2.24) is 0 Å². The molecule has 0 aromatic heterocycles. The number of aliphatic hydroxyl groups excluding tert-OH is 1. The second-order valence-corrected chi connectivity index (χ2v) is 3.66. The normalized spacial score (nSPS) is 14.2. The number of alkyl halides is 3. The second-order valence-electron chi connectivity index (χ2n) is 0.975. The number of rotatable bonds is 0. The fraction of sp³-hybridized carbons (Fsp3) is 0.333. The zero-order chi connectivity index (χ0) is 6.78. The van der Waals surface area contributed by atoms with Crippen molar-refractivity contribution in [2.45, 2.75) is 3.79 Å². The fourth-order valence-corrected chi connectivity index (χ4v) is 0.220. The highest BCUT2D eigenvalue weighted by Crippen LogP contribution is 2.36. The third-order valence-corrected chi connectivity index (χ3v) is 1.67. The highest BCUT2D eigenvalue weighted by molar-refractivity contribution is 6.72. The van der Waals surface area contributed by atoms with E-state index in [0.29, 0.717) is 6.26 Å². The molecule has 0 saturated heterocycles. The zero-order valence-electron chi connectivity index (χ0n) is 3.54. The van der Waals surface area contributed by atoms with E-state index in [9.17, 15) is 0 Å². The molecule has 0 aromatic rings. The van der Waals surface area contributed by atoms with Crippen molar-refractivity contribution in [3.63, 3.8) is 0 Å². The van der Waals surface area contributed by atoms with E-state index in [1.165, 1.54) is 0 Å². The van der Waals surface area contributed by atoms with Crippen molar-refractivity contribution in [3.05, 3.63) is 11.3 Å².